The molecule has 1 aromatic heterocycles. The number of methoxy groups -OCH3 is 1. The van der Waals surface area contributed by atoms with E-state index in [-0.39, 0.29) is 5.91 Å². The fourth-order valence-corrected chi connectivity index (χ4v) is 2.90. The summed E-state index contributed by atoms with van der Waals surface area (Å²) < 4.78 is 5.30. The predicted molar refractivity (Wildman–Crippen MR) is 96.4 cm³/mol. The van der Waals surface area contributed by atoms with E-state index in [1.807, 2.05) is 43.5 Å². The molecule has 0 saturated heterocycles. The lowest BCUT2D eigenvalue weighted by atomic mass is 10.1. The summed E-state index contributed by atoms with van der Waals surface area (Å²) in [4.78, 5) is 15.4. The van der Waals surface area contributed by atoms with Crippen molar-refractivity contribution in [1.29, 1.82) is 0 Å². The largest absolute Gasteiger partial charge is 0.496 e. The molecule has 0 spiro atoms. The van der Waals surface area contributed by atoms with Gasteiger partial charge in [0.2, 0.25) is 5.91 Å². The van der Waals surface area contributed by atoms with Gasteiger partial charge in [-0.15, -0.1) is 0 Å². The minimum absolute atomic E-state index is 0.0285. The van der Waals surface area contributed by atoms with Gasteiger partial charge < -0.3 is 15.0 Å². The molecule has 2 aromatic carbocycles. The van der Waals surface area contributed by atoms with Crippen LogP contribution in [0, 0.1) is 6.92 Å². The highest BCUT2D eigenvalue weighted by Crippen LogP contribution is 2.19. The lowest BCUT2D eigenvalue weighted by Crippen LogP contribution is -2.27. The molecule has 0 unspecified atom stereocenters. The van der Waals surface area contributed by atoms with Crippen molar-refractivity contribution in [2.45, 2.75) is 19.8 Å². The van der Waals surface area contributed by atoms with E-state index in [2.05, 4.69) is 22.4 Å². The molecular weight excluding hydrogens is 300 g/mol. The molecule has 4 nitrogen and oxygen atoms in total. The summed E-state index contributed by atoms with van der Waals surface area (Å²) in [6.45, 7) is 2.62. The van der Waals surface area contributed by atoms with Gasteiger partial charge in [0.25, 0.3) is 0 Å². The lowest BCUT2D eigenvalue weighted by molar-refractivity contribution is -0.120. The van der Waals surface area contributed by atoms with Gasteiger partial charge in [-0.1, -0.05) is 30.3 Å². The predicted octanol–water partition coefficient (Wildman–Crippen LogP) is 3.39. The van der Waals surface area contributed by atoms with E-state index in [0.717, 1.165) is 28.8 Å². The second-order valence-corrected chi connectivity index (χ2v) is 5.94. The van der Waals surface area contributed by atoms with Gasteiger partial charge in [0.1, 0.15) is 5.75 Å². The van der Waals surface area contributed by atoms with Crippen molar-refractivity contribution in [3.05, 3.63) is 65.4 Å². The summed E-state index contributed by atoms with van der Waals surface area (Å²) in [5.41, 5.74) is 4.39. The molecule has 1 heterocycles. The third kappa shape index (κ3) is 3.59. The molecule has 24 heavy (non-hydrogen) atoms. The molecule has 0 aliphatic heterocycles. The van der Waals surface area contributed by atoms with Gasteiger partial charge in [-0.3, -0.25) is 4.79 Å². The van der Waals surface area contributed by atoms with Crippen LogP contribution in [0.15, 0.2) is 48.7 Å². The van der Waals surface area contributed by atoms with Crippen molar-refractivity contribution in [1.82, 2.24) is 10.3 Å². The van der Waals surface area contributed by atoms with Crippen LogP contribution in [0.25, 0.3) is 10.9 Å². The number of carbonyl (C=O) groups is 1. The van der Waals surface area contributed by atoms with Crippen LogP contribution in [0.5, 0.6) is 5.75 Å². The van der Waals surface area contributed by atoms with Crippen LogP contribution in [0.3, 0.4) is 0 Å². The van der Waals surface area contributed by atoms with Gasteiger partial charge in [0, 0.05) is 23.6 Å². The maximum Gasteiger partial charge on any atom is 0.224 e. The Morgan fingerprint density at radius 3 is 2.88 bits per heavy atom. The Balaban J connectivity index is 1.54. The number of rotatable bonds is 6. The number of para-hydroxylation sites is 1. The molecule has 3 rings (SSSR count). The third-order valence-electron chi connectivity index (χ3n) is 4.23. The number of fused-ring (bicyclic) bond motifs is 1. The summed E-state index contributed by atoms with van der Waals surface area (Å²) in [6.07, 6.45) is 3.19. The summed E-state index contributed by atoms with van der Waals surface area (Å²) in [6, 6.07) is 14.1. The minimum Gasteiger partial charge on any atom is -0.496 e. The molecule has 0 radical (unpaired) electrons. The zero-order valence-electron chi connectivity index (χ0n) is 14.1. The van der Waals surface area contributed by atoms with Crippen LogP contribution < -0.4 is 10.1 Å². The van der Waals surface area contributed by atoms with E-state index in [9.17, 15) is 4.79 Å². The van der Waals surface area contributed by atoms with E-state index in [1.165, 1.54) is 10.9 Å². The average molecular weight is 322 g/mol. The minimum atomic E-state index is 0.0285. The van der Waals surface area contributed by atoms with Crippen molar-refractivity contribution in [3.63, 3.8) is 0 Å². The maximum atomic E-state index is 12.1. The Labute approximate surface area is 141 Å². The topological polar surface area (TPSA) is 54.1 Å². The van der Waals surface area contributed by atoms with E-state index in [4.69, 9.17) is 4.74 Å². The normalized spacial score (nSPS) is 10.8. The maximum absolute atomic E-state index is 12.1. The second-order valence-electron chi connectivity index (χ2n) is 5.94. The van der Waals surface area contributed by atoms with E-state index in [0.29, 0.717) is 13.0 Å². The zero-order chi connectivity index (χ0) is 16.9. The first-order chi connectivity index (χ1) is 11.7. The number of H-pyrrole nitrogens is 1. The van der Waals surface area contributed by atoms with E-state index >= 15 is 0 Å². The van der Waals surface area contributed by atoms with Crippen molar-refractivity contribution < 1.29 is 9.53 Å². The molecule has 1 amide bonds. The van der Waals surface area contributed by atoms with Crippen LogP contribution >= 0.6 is 0 Å². The smallest absolute Gasteiger partial charge is 0.224 e. The standard InChI is InChI=1S/C20H22N2O2/c1-14-7-8-15(11-19(14)24-2)12-20(23)21-10-9-16-13-22-18-6-4-3-5-17(16)18/h3-8,11,13,22H,9-10,12H2,1-2H3,(H,21,23). The number of benzene rings is 2. The van der Waals surface area contributed by atoms with E-state index in [1.54, 1.807) is 7.11 Å². The highest BCUT2D eigenvalue weighted by molar-refractivity contribution is 5.83. The first-order valence-corrected chi connectivity index (χ1v) is 8.12. The van der Waals surface area contributed by atoms with Crippen LogP contribution in [0.2, 0.25) is 0 Å². The highest BCUT2D eigenvalue weighted by atomic mass is 16.5. The van der Waals surface area contributed by atoms with Gasteiger partial charge in [0.05, 0.1) is 13.5 Å². The molecule has 0 saturated carbocycles. The number of carbonyl (C=O) groups excluding carboxylic acids is 1. The Morgan fingerprint density at radius 1 is 1.21 bits per heavy atom. The first-order valence-electron chi connectivity index (χ1n) is 8.12. The fourth-order valence-electron chi connectivity index (χ4n) is 2.90. The molecule has 0 aliphatic rings. The molecule has 2 N–H and O–H groups in total. The van der Waals surface area contributed by atoms with Crippen LogP contribution in [0.4, 0.5) is 0 Å². The summed E-state index contributed by atoms with van der Waals surface area (Å²) >= 11 is 0. The number of nitrogens with one attached hydrogen (secondary N) is 2. The molecule has 4 heteroatoms. The lowest BCUT2D eigenvalue weighted by Gasteiger charge is -2.08. The summed E-state index contributed by atoms with van der Waals surface area (Å²) in [5, 5.41) is 4.21. The number of amides is 1. The van der Waals surface area contributed by atoms with Crippen molar-refractivity contribution in [2.75, 3.05) is 13.7 Å². The fraction of sp³-hybridized carbons (Fsp3) is 0.250. The van der Waals surface area contributed by atoms with Gasteiger partial charge in [0.15, 0.2) is 0 Å². The van der Waals surface area contributed by atoms with Gasteiger partial charge in [-0.2, -0.15) is 0 Å². The monoisotopic (exact) mass is 322 g/mol. The average Bonchev–Trinajstić information content (AvgIpc) is 3.00. The van der Waals surface area contributed by atoms with Crippen molar-refractivity contribution >= 4 is 16.8 Å². The summed E-state index contributed by atoms with van der Waals surface area (Å²) in [5.74, 6) is 0.847. The number of ether oxygens (including phenoxy) is 1. The van der Waals surface area contributed by atoms with Crippen molar-refractivity contribution in [3.8, 4) is 5.75 Å². The number of hydrogen-bond acceptors (Lipinski definition) is 2. The Kier molecular flexibility index (Phi) is 4.85. The van der Waals surface area contributed by atoms with Gasteiger partial charge in [-0.25, -0.2) is 0 Å². The summed E-state index contributed by atoms with van der Waals surface area (Å²) in [7, 11) is 1.65. The quantitative estimate of drug-likeness (QED) is 0.731. The second kappa shape index (κ2) is 7.21. The Hall–Kier alpha value is -2.75. The highest BCUT2D eigenvalue weighted by Gasteiger charge is 2.07. The van der Waals surface area contributed by atoms with Gasteiger partial charge >= 0.3 is 0 Å². The molecule has 3 aromatic rings. The van der Waals surface area contributed by atoms with E-state index < -0.39 is 0 Å². The number of aryl methyl sites for hydroxylation is 1. The van der Waals surface area contributed by atoms with Crippen LogP contribution in [-0.4, -0.2) is 24.5 Å². The van der Waals surface area contributed by atoms with Crippen LogP contribution in [-0.2, 0) is 17.6 Å². The molecule has 0 atom stereocenters. The molecule has 0 fully saturated rings. The number of aromatic amines is 1. The molecule has 124 valence electrons. The van der Waals surface area contributed by atoms with Crippen molar-refractivity contribution in [2.24, 2.45) is 0 Å². The number of aromatic nitrogens is 1. The molecule has 0 aliphatic carbocycles. The SMILES string of the molecule is COc1cc(CC(=O)NCCc2c[nH]c3ccccc23)ccc1C. The Morgan fingerprint density at radius 2 is 2.04 bits per heavy atom. The molecular formula is C20H22N2O2. The van der Waals surface area contributed by atoms with Crippen LogP contribution in [0.1, 0.15) is 16.7 Å². The molecule has 0 bridgehead atoms. The Bertz CT molecular complexity index is 852. The third-order valence-corrected chi connectivity index (χ3v) is 4.23. The van der Waals surface area contributed by atoms with Gasteiger partial charge in [-0.05, 0) is 42.2 Å². The first kappa shape index (κ1) is 16.1. The zero-order valence-corrected chi connectivity index (χ0v) is 14.1. The number of hydrogen-bond donors (Lipinski definition) is 2.